The molecule has 0 unspecified atom stereocenters. The first-order valence-corrected chi connectivity index (χ1v) is 6.27. The predicted octanol–water partition coefficient (Wildman–Crippen LogP) is 3.21. The second kappa shape index (κ2) is 6.12. The summed E-state index contributed by atoms with van der Waals surface area (Å²) in [6.45, 7) is 3.19. The summed E-state index contributed by atoms with van der Waals surface area (Å²) in [6.07, 6.45) is 5.68. The topological polar surface area (TPSA) is 21.7 Å². The van der Waals surface area contributed by atoms with Crippen molar-refractivity contribution in [1.29, 1.82) is 0 Å². The molecule has 0 bridgehead atoms. The van der Waals surface area contributed by atoms with Crippen LogP contribution in [-0.2, 0) is 0 Å². The van der Waals surface area contributed by atoms with Crippen molar-refractivity contribution in [2.75, 3.05) is 19.6 Å². The normalized spacial score (nSPS) is 18.8. The lowest BCUT2D eigenvalue weighted by molar-refractivity contribution is 0.206. The quantitative estimate of drug-likeness (QED) is 0.821. The zero-order valence-corrected chi connectivity index (χ0v) is 11.1. The van der Waals surface area contributed by atoms with Gasteiger partial charge in [0.15, 0.2) is 17.3 Å². The van der Waals surface area contributed by atoms with E-state index in [1.54, 1.807) is 6.26 Å². The number of fused-ring (bicyclic) bond motifs is 1. The van der Waals surface area contributed by atoms with Gasteiger partial charge >= 0.3 is 0 Å². The number of hydrogen-bond acceptors (Lipinski definition) is 3. The van der Waals surface area contributed by atoms with Gasteiger partial charge in [-0.15, -0.1) is 12.4 Å². The minimum absolute atomic E-state index is 0. The molecule has 0 aromatic heterocycles. The molecule has 2 heterocycles. The summed E-state index contributed by atoms with van der Waals surface area (Å²) in [6, 6.07) is 7.78. The van der Waals surface area contributed by atoms with Gasteiger partial charge in [-0.1, -0.05) is 18.6 Å². The fourth-order valence-corrected chi connectivity index (χ4v) is 2.33. The van der Waals surface area contributed by atoms with Crippen LogP contribution in [0.2, 0.25) is 0 Å². The molecule has 0 atom stereocenters. The summed E-state index contributed by atoms with van der Waals surface area (Å²) in [5.74, 6) is 2.53. The van der Waals surface area contributed by atoms with Gasteiger partial charge < -0.3 is 9.47 Å². The van der Waals surface area contributed by atoms with Gasteiger partial charge in [0.1, 0.15) is 6.26 Å². The van der Waals surface area contributed by atoms with Gasteiger partial charge in [0, 0.05) is 0 Å². The first kappa shape index (κ1) is 13.2. The molecular weight excluding hydrogens is 250 g/mol. The first-order chi connectivity index (χ1) is 8.42. The fraction of sp³-hybridized carbons (Fsp3) is 0.429. The van der Waals surface area contributed by atoms with Crippen molar-refractivity contribution in [3.05, 3.63) is 36.3 Å². The van der Waals surface area contributed by atoms with Gasteiger partial charge in [0.05, 0.1) is 6.54 Å². The Hall–Kier alpha value is -1.19. The number of ether oxygens (including phenoxy) is 2. The monoisotopic (exact) mass is 267 g/mol. The molecule has 18 heavy (non-hydrogen) atoms. The SMILES string of the molecule is C1=C(CN2CCCCC2)Oc2ccccc2O1.Cl. The summed E-state index contributed by atoms with van der Waals surface area (Å²) >= 11 is 0. The van der Waals surface area contributed by atoms with Crippen LogP contribution in [0.4, 0.5) is 0 Å². The number of nitrogens with zero attached hydrogens (tertiary/aromatic N) is 1. The van der Waals surface area contributed by atoms with Crippen LogP contribution in [0.15, 0.2) is 36.3 Å². The van der Waals surface area contributed by atoms with Crippen molar-refractivity contribution in [2.45, 2.75) is 19.3 Å². The van der Waals surface area contributed by atoms with E-state index in [9.17, 15) is 0 Å². The zero-order chi connectivity index (χ0) is 11.5. The third kappa shape index (κ3) is 2.98. The Balaban J connectivity index is 0.00000120. The van der Waals surface area contributed by atoms with E-state index in [4.69, 9.17) is 9.47 Å². The lowest BCUT2D eigenvalue weighted by Gasteiger charge is -2.28. The van der Waals surface area contributed by atoms with Crippen molar-refractivity contribution in [2.24, 2.45) is 0 Å². The minimum Gasteiger partial charge on any atom is -0.457 e. The van der Waals surface area contributed by atoms with Crippen LogP contribution in [0.25, 0.3) is 0 Å². The number of halogens is 1. The van der Waals surface area contributed by atoms with E-state index in [0.29, 0.717) is 0 Å². The lowest BCUT2D eigenvalue weighted by atomic mass is 10.1. The Kier molecular flexibility index (Phi) is 4.50. The van der Waals surface area contributed by atoms with E-state index in [0.717, 1.165) is 23.8 Å². The second-order valence-electron chi connectivity index (χ2n) is 4.59. The summed E-state index contributed by atoms with van der Waals surface area (Å²) in [5.41, 5.74) is 0. The van der Waals surface area contributed by atoms with Crippen LogP contribution >= 0.6 is 12.4 Å². The molecule has 2 aliphatic rings. The van der Waals surface area contributed by atoms with Crippen molar-refractivity contribution >= 4 is 12.4 Å². The number of piperidine rings is 1. The van der Waals surface area contributed by atoms with Gasteiger partial charge in [-0.2, -0.15) is 0 Å². The van der Waals surface area contributed by atoms with Crippen LogP contribution in [-0.4, -0.2) is 24.5 Å². The smallest absolute Gasteiger partial charge is 0.169 e. The standard InChI is InChI=1S/C14H17NO2.ClH/c1-4-8-15(9-5-1)10-12-11-16-13-6-2-3-7-14(13)17-12;/h2-3,6-7,11H,1,4-5,8-10H2;1H. The summed E-state index contributed by atoms with van der Waals surface area (Å²) in [5, 5.41) is 0. The Morgan fingerprint density at radius 3 is 2.50 bits per heavy atom. The molecule has 0 N–H and O–H groups in total. The van der Waals surface area contributed by atoms with E-state index >= 15 is 0 Å². The molecule has 3 nitrogen and oxygen atoms in total. The molecule has 0 spiro atoms. The number of hydrogen-bond donors (Lipinski definition) is 0. The van der Waals surface area contributed by atoms with Gasteiger partial charge in [-0.05, 0) is 38.1 Å². The van der Waals surface area contributed by atoms with Crippen LogP contribution in [0.1, 0.15) is 19.3 Å². The highest BCUT2D eigenvalue weighted by molar-refractivity contribution is 5.85. The summed E-state index contributed by atoms with van der Waals surface area (Å²) in [7, 11) is 0. The summed E-state index contributed by atoms with van der Waals surface area (Å²) in [4.78, 5) is 2.42. The summed E-state index contributed by atoms with van der Waals surface area (Å²) < 4.78 is 11.4. The van der Waals surface area contributed by atoms with Crippen molar-refractivity contribution in [3.8, 4) is 11.5 Å². The number of benzene rings is 1. The average molecular weight is 268 g/mol. The molecule has 1 aromatic carbocycles. The van der Waals surface area contributed by atoms with E-state index in [-0.39, 0.29) is 12.4 Å². The molecule has 3 rings (SSSR count). The zero-order valence-electron chi connectivity index (χ0n) is 10.3. The second-order valence-corrected chi connectivity index (χ2v) is 4.59. The Bertz CT molecular complexity index is 428. The molecule has 0 amide bonds. The highest BCUT2D eigenvalue weighted by Gasteiger charge is 2.17. The Labute approximate surface area is 114 Å². The molecule has 1 saturated heterocycles. The third-order valence-corrected chi connectivity index (χ3v) is 3.24. The van der Waals surface area contributed by atoms with Crippen molar-refractivity contribution in [3.63, 3.8) is 0 Å². The fourth-order valence-electron chi connectivity index (χ4n) is 2.33. The Morgan fingerprint density at radius 1 is 1.00 bits per heavy atom. The molecule has 4 heteroatoms. The van der Waals surface area contributed by atoms with Crippen molar-refractivity contribution in [1.82, 2.24) is 4.90 Å². The number of rotatable bonds is 2. The van der Waals surface area contributed by atoms with Gasteiger partial charge in [0.2, 0.25) is 0 Å². The molecular formula is C14H18ClNO2. The van der Waals surface area contributed by atoms with Crippen LogP contribution in [0.3, 0.4) is 0 Å². The maximum Gasteiger partial charge on any atom is 0.169 e. The maximum absolute atomic E-state index is 5.83. The highest BCUT2D eigenvalue weighted by atomic mass is 35.5. The molecule has 0 radical (unpaired) electrons. The number of para-hydroxylation sites is 2. The van der Waals surface area contributed by atoms with Crippen LogP contribution in [0, 0.1) is 0 Å². The predicted molar refractivity (Wildman–Crippen MR) is 73.3 cm³/mol. The van der Waals surface area contributed by atoms with Crippen LogP contribution in [0.5, 0.6) is 11.5 Å². The molecule has 0 saturated carbocycles. The molecule has 0 aliphatic carbocycles. The third-order valence-electron chi connectivity index (χ3n) is 3.24. The molecule has 2 aliphatic heterocycles. The largest absolute Gasteiger partial charge is 0.457 e. The van der Waals surface area contributed by atoms with Gasteiger partial charge in [-0.3, -0.25) is 4.90 Å². The van der Waals surface area contributed by atoms with Crippen LogP contribution < -0.4 is 9.47 Å². The van der Waals surface area contributed by atoms with E-state index in [2.05, 4.69) is 4.90 Å². The van der Waals surface area contributed by atoms with Crippen molar-refractivity contribution < 1.29 is 9.47 Å². The first-order valence-electron chi connectivity index (χ1n) is 6.27. The minimum atomic E-state index is 0. The van der Waals surface area contributed by atoms with Gasteiger partial charge in [-0.25, -0.2) is 0 Å². The van der Waals surface area contributed by atoms with E-state index < -0.39 is 0 Å². The lowest BCUT2D eigenvalue weighted by Crippen LogP contribution is -2.33. The van der Waals surface area contributed by atoms with E-state index in [1.165, 1.54) is 32.4 Å². The van der Waals surface area contributed by atoms with Gasteiger partial charge in [0.25, 0.3) is 0 Å². The number of likely N-dealkylation sites (tertiary alicyclic amines) is 1. The molecule has 1 aromatic rings. The van der Waals surface area contributed by atoms with E-state index in [1.807, 2.05) is 24.3 Å². The highest BCUT2D eigenvalue weighted by Crippen LogP contribution is 2.31. The molecule has 1 fully saturated rings. The maximum atomic E-state index is 5.83. The average Bonchev–Trinajstić information content (AvgIpc) is 2.40. The molecule has 98 valence electrons. The Morgan fingerprint density at radius 2 is 1.72 bits per heavy atom.